The lowest BCUT2D eigenvalue weighted by atomic mass is 9.81. The van der Waals surface area contributed by atoms with E-state index in [0.29, 0.717) is 5.41 Å². The summed E-state index contributed by atoms with van der Waals surface area (Å²) >= 11 is 0. The molecular weight excluding hydrogens is 254 g/mol. The lowest BCUT2D eigenvalue weighted by molar-refractivity contribution is 0.478. The molecule has 114 valence electrons. The number of rotatable bonds is 3. The SMILES string of the molecule is CCN(C1=CC=C(C(C)(C)C)CC1)c1cc(C)cc(C)c1. The first-order valence-electron chi connectivity index (χ1n) is 8.07. The van der Waals surface area contributed by atoms with Crippen molar-refractivity contribution in [3.63, 3.8) is 0 Å². The molecule has 1 aromatic rings. The average molecular weight is 283 g/mol. The van der Waals surface area contributed by atoms with Crippen LogP contribution in [0.5, 0.6) is 0 Å². The molecule has 0 aromatic heterocycles. The molecule has 0 unspecified atom stereocenters. The number of hydrogen-bond donors (Lipinski definition) is 0. The maximum Gasteiger partial charge on any atom is 0.0413 e. The number of hydrogen-bond acceptors (Lipinski definition) is 1. The molecule has 1 heteroatoms. The van der Waals surface area contributed by atoms with E-state index in [1.165, 1.54) is 28.9 Å². The molecule has 0 saturated carbocycles. The topological polar surface area (TPSA) is 3.24 Å². The van der Waals surface area contributed by atoms with Gasteiger partial charge in [0, 0.05) is 17.9 Å². The molecule has 1 aliphatic carbocycles. The minimum atomic E-state index is 0.291. The summed E-state index contributed by atoms with van der Waals surface area (Å²) in [5.74, 6) is 0. The molecule has 0 spiro atoms. The molecule has 0 amide bonds. The van der Waals surface area contributed by atoms with Crippen LogP contribution in [0.25, 0.3) is 0 Å². The average Bonchev–Trinajstić information content (AvgIpc) is 2.38. The van der Waals surface area contributed by atoms with Gasteiger partial charge in [-0.2, -0.15) is 0 Å². The highest BCUT2D eigenvalue weighted by molar-refractivity contribution is 5.56. The van der Waals surface area contributed by atoms with E-state index in [0.717, 1.165) is 13.0 Å². The number of nitrogens with zero attached hydrogens (tertiary/aromatic N) is 1. The molecule has 1 nitrogen and oxygen atoms in total. The van der Waals surface area contributed by atoms with Crippen molar-refractivity contribution in [2.45, 2.75) is 54.4 Å². The van der Waals surface area contributed by atoms with Crippen LogP contribution in [-0.4, -0.2) is 6.54 Å². The Bertz CT molecular complexity index is 550. The van der Waals surface area contributed by atoms with E-state index in [2.05, 4.69) is 76.8 Å². The van der Waals surface area contributed by atoms with Crippen LogP contribution in [0.3, 0.4) is 0 Å². The highest BCUT2D eigenvalue weighted by Gasteiger charge is 2.21. The standard InChI is InChI=1S/C20H29N/c1-7-21(19-13-15(2)12-16(3)14-19)18-10-8-17(9-11-18)20(4,5)6/h8,10,12-14H,7,9,11H2,1-6H3. The van der Waals surface area contributed by atoms with Crippen LogP contribution in [0.15, 0.2) is 41.6 Å². The fourth-order valence-electron chi connectivity index (χ4n) is 3.13. The van der Waals surface area contributed by atoms with Crippen molar-refractivity contribution in [2.24, 2.45) is 5.41 Å². The molecule has 0 radical (unpaired) electrons. The lowest BCUT2D eigenvalue weighted by Gasteiger charge is -2.32. The Labute approximate surface area is 130 Å². The fourth-order valence-corrected chi connectivity index (χ4v) is 3.13. The molecule has 0 saturated heterocycles. The van der Waals surface area contributed by atoms with Crippen molar-refractivity contribution < 1.29 is 0 Å². The van der Waals surface area contributed by atoms with Gasteiger partial charge in [-0.15, -0.1) is 0 Å². The second kappa shape index (κ2) is 6.09. The van der Waals surface area contributed by atoms with Gasteiger partial charge in [-0.1, -0.05) is 38.5 Å². The van der Waals surface area contributed by atoms with E-state index >= 15 is 0 Å². The van der Waals surface area contributed by atoms with Crippen LogP contribution in [0, 0.1) is 19.3 Å². The maximum absolute atomic E-state index is 2.45. The van der Waals surface area contributed by atoms with E-state index < -0.39 is 0 Å². The molecule has 0 fully saturated rings. The summed E-state index contributed by atoms with van der Waals surface area (Å²) in [5, 5.41) is 0. The molecule has 0 atom stereocenters. The molecule has 1 aromatic carbocycles. The number of aryl methyl sites for hydroxylation is 2. The largest absolute Gasteiger partial charge is 0.345 e. The first-order valence-corrected chi connectivity index (χ1v) is 8.07. The van der Waals surface area contributed by atoms with Crippen molar-refractivity contribution in [1.29, 1.82) is 0 Å². The first kappa shape index (κ1) is 15.9. The van der Waals surface area contributed by atoms with E-state index in [4.69, 9.17) is 0 Å². The zero-order valence-electron chi connectivity index (χ0n) is 14.5. The van der Waals surface area contributed by atoms with Crippen LogP contribution in [-0.2, 0) is 0 Å². The summed E-state index contributed by atoms with van der Waals surface area (Å²) in [7, 11) is 0. The third kappa shape index (κ3) is 3.78. The van der Waals surface area contributed by atoms with E-state index in [9.17, 15) is 0 Å². The van der Waals surface area contributed by atoms with Crippen LogP contribution in [0.1, 0.15) is 51.7 Å². The molecule has 0 heterocycles. The summed E-state index contributed by atoms with van der Waals surface area (Å²) in [6.45, 7) is 14.5. The quantitative estimate of drug-likeness (QED) is 0.679. The van der Waals surface area contributed by atoms with Gasteiger partial charge in [-0.25, -0.2) is 0 Å². The van der Waals surface area contributed by atoms with Gasteiger partial charge in [0.25, 0.3) is 0 Å². The van der Waals surface area contributed by atoms with E-state index in [1.54, 1.807) is 5.57 Å². The van der Waals surface area contributed by atoms with Gasteiger partial charge in [-0.05, 0) is 68.4 Å². The smallest absolute Gasteiger partial charge is 0.0413 e. The van der Waals surface area contributed by atoms with Crippen molar-refractivity contribution in [3.05, 3.63) is 52.7 Å². The molecule has 0 bridgehead atoms. The molecule has 0 N–H and O–H groups in total. The highest BCUT2D eigenvalue weighted by Crippen LogP contribution is 2.35. The third-order valence-corrected chi connectivity index (χ3v) is 4.27. The zero-order chi connectivity index (χ0) is 15.6. The Kier molecular flexibility index (Phi) is 4.61. The van der Waals surface area contributed by atoms with E-state index in [-0.39, 0.29) is 0 Å². The van der Waals surface area contributed by atoms with Gasteiger partial charge in [0.1, 0.15) is 0 Å². The molecule has 2 rings (SSSR count). The Morgan fingerprint density at radius 2 is 1.57 bits per heavy atom. The van der Waals surface area contributed by atoms with Crippen molar-refractivity contribution >= 4 is 5.69 Å². The summed E-state index contributed by atoms with van der Waals surface area (Å²) in [6.07, 6.45) is 6.98. The van der Waals surface area contributed by atoms with Crippen LogP contribution < -0.4 is 4.90 Å². The van der Waals surface area contributed by atoms with Crippen LogP contribution in [0.4, 0.5) is 5.69 Å². The van der Waals surface area contributed by atoms with Crippen LogP contribution >= 0.6 is 0 Å². The monoisotopic (exact) mass is 283 g/mol. The van der Waals surface area contributed by atoms with Crippen molar-refractivity contribution in [1.82, 2.24) is 0 Å². The highest BCUT2D eigenvalue weighted by atomic mass is 15.1. The van der Waals surface area contributed by atoms with Gasteiger partial charge < -0.3 is 4.90 Å². The molecule has 1 aliphatic rings. The predicted molar refractivity (Wildman–Crippen MR) is 93.8 cm³/mol. The molecular formula is C20H29N. The lowest BCUT2D eigenvalue weighted by Crippen LogP contribution is -2.24. The number of anilines is 1. The van der Waals surface area contributed by atoms with Crippen LogP contribution in [0.2, 0.25) is 0 Å². The normalized spacial score (nSPS) is 15.5. The number of benzene rings is 1. The van der Waals surface area contributed by atoms with Gasteiger partial charge >= 0.3 is 0 Å². The van der Waals surface area contributed by atoms with Crippen molar-refractivity contribution in [3.8, 4) is 0 Å². The summed E-state index contributed by atoms with van der Waals surface area (Å²) in [4.78, 5) is 2.45. The second-order valence-electron chi connectivity index (χ2n) is 7.19. The fraction of sp³-hybridized carbons (Fsp3) is 0.500. The minimum absolute atomic E-state index is 0.291. The summed E-state index contributed by atoms with van der Waals surface area (Å²) in [6, 6.07) is 6.82. The Hall–Kier alpha value is -1.50. The van der Waals surface area contributed by atoms with Gasteiger partial charge in [0.05, 0.1) is 0 Å². The second-order valence-corrected chi connectivity index (χ2v) is 7.19. The summed E-state index contributed by atoms with van der Waals surface area (Å²) < 4.78 is 0. The predicted octanol–water partition coefficient (Wildman–Crippen LogP) is 5.78. The van der Waals surface area contributed by atoms with E-state index in [1.807, 2.05) is 0 Å². The van der Waals surface area contributed by atoms with Gasteiger partial charge in [-0.3, -0.25) is 0 Å². The summed E-state index contributed by atoms with van der Waals surface area (Å²) in [5.41, 5.74) is 7.29. The Morgan fingerprint density at radius 1 is 0.952 bits per heavy atom. The molecule has 0 aliphatic heterocycles. The van der Waals surface area contributed by atoms with Gasteiger partial charge in [0.15, 0.2) is 0 Å². The van der Waals surface area contributed by atoms with Gasteiger partial charge in [0.2, 0.25) is 0 Å². The Balaban J connectivity index is 2.31. The Morgan fingerprint density at radius 3 is 2.00 bits per heavy atom. The first-order chi connectivity index (χ1) is 9.81. The maximum atomic E-state index is 2.45. The number of allylic oxidation sites excluding steroid dienone is 4. The third-order valence-electron chi connectivity index (χ3n) is 4.27. The molecule has 21 heavy (non-hydrogen) atoms. The zero-order valence-corrected chi connectivity index (χ0v) is 14.5. The van der Waals surface area contributed by atoms with Crippen molar-refractivity contribution in [2.75, 3.05) is 11.4 Å². The minimum Gasteiger partial charge on any atom is -0.345 e.